The van der Waals surface area contributed by atoms with Gasteiger partial charge in [0, 0.05) is 29.8 Å². The Hall–Kier alpha value is -2.29. The van der Waals surface area contributed by atoms with Gasteiger partial charge in [-0.15, -0.1) is 0 Å². The lowest BCUT2D eigenvalue weighted by atomic mass is 10.1. The van der Waals surface area contributed by atoms with Crippen molar-refractivity contribution in [2.45, 2.75) is 30.6 Å². The highest BCUT2D eigenvalue weighted by molar-refractivity contribution is 7.80. The van der Waals surface area contributed by atoms with Crippen LogP contribution < -0.4 is 21.7 Å². The molecule has 1 heterocycles. The smallest absolute Gasteiger partial charge is 0.326 e. The third kappa shape index (κ3) is 7.92. The molecule has 0 saturated heterocycles. The first-order valence-corrected chi connectivity index (χ1v) is 9.69. The Morgan fingerprint density at radius 3 is 2.10 bits per heavy atom. The van der Waals surface area contributed by atoms with Crippen LogP contribution in [0.2, 0.25) is 0 Å². The second-order valence-electron chi connectivity index (χ2n) is 5.96. The van der Waals surface area contributed by atoms with Crippen molar-refractivity contribution in [1.82, 2.24) is 25.9 Å². The van der Waals surface area contributed by atoms with E-state index in [1.165, 1.54) is 12.5 Å². The molecule has 0 spiro atoms. The number of rotatable bonds is 12. The van der Waals surface area contributed by atoms with Crippen LogP contribution in [0, 0.1) is 0 Å². The number of nitrogens with zero attached hydrogens (tertiary/aromatic N) is 1. The fraction of sp³-hybridized carbons (Fsp3) is 0.533. The Labute approximate surface area is 177 Å². The standard InChI is InChI=1S/C15H24N6O6S2/c16-8(4-28)12(23)20-10(3-22)13(24)21-11(5-29)14(25)19-9(15(26)27)1-7-2-17-6-18-7/h2,6,8-11,22,28-29H,1,3-5,16H2,(H,17,18)(H,19,25)(H,20,23)(H,21,24)(H,26,27). The van der Waals surface area contributed by atoms with E-state index in [-0.39, 0.29) is 17.9 Å². The maximum atomic E-state index is 12.4. The molecule has 0 fully saturated rings. The lowest BCUT2D eigenvalue weighted by Crippen LogP contribution is -2.58. The summed E-state index contributed by atoms with van der Waals surface area (Å²) in [6, 6.07) is -4.82. The molecule has 0 aliphatic carbocycles. The van der Waals surface area contributed by atoms with E-state index in [9.17, 15) is 29.4 Å². The topological polar surface area (TPSA) is 200 Å². The predicted molar refractivity (Wildman–Crippen MR) is 108 cm³/mol. The minimum absolute atomic E-state index is 0.0280. The molecule has 1 aromatic heterocycles. The number of aliphatic hydroxyl groups is 1. The second-order valence-corrected chi connectivity index (χ2v) is 6.69. The van der Waals surface area contributed by atoms with E-state index in [1.54, 1.807) is 0 Å². The van der Waals surface area contributed by atoms with E-state index < -0.39 is 54.5 Å². The molecule has 162 valence electrons. The van der Waals surface area contributed by atoms with Crippen LogP contribution in [-0.2, 0) is 25.6 Å². The van der Waals surface area contributed by atoms with Gasteiger partial charge in [-0.2, -0.15) is 25.3 Å². The number of H-pyrrole nitrogens is 1. The average Bonchev–Trinajstić information content (AvgIpc) is 3.21. The lowest BCUT2D eigenvalue weighted by Gasteiger charge is -2.23. The second kappa shape index (κ2) is 12.3. The molecule has 4 unspecified atom stereocenters. The van der Waals surface area contributed by atoms with Crippen LogP contribution >= 0.6 is 25.3 Å². The van der Waals surface area contributed by atoms with Crippen molar-refractivity contribution in [3.8, 4) is 0 Å². The molecular weight excluding hydrogens is 424 g/mol. The largest absolute Gasteiger partial charge is 0.480 e. The Balaban J connectivity index is 2.73. The van der Waals surface area contributed by atoms with Gasteiger partial charge in [-0.1, -0.05) is 0 Å². The number of hydrogen-bond donors (Lipinski definition) is 9. The minimum atomic E-state index is -1.36. The zero-order valence-electron chi connectivity index (χ0n) is 15.2. The number of amides is 3. The third-order valence-electron chi connectivity index (χ3n) is 3.76. The maximum Gasteiger partial charge on any atom is 0.326 e. The van der Waals surface area contributed by atoms with Gasteiger partial charge < -0.3 is 36.9 Å². The molecule has 0 aliphatic heterocycles. The maximum absolute atomic E-state index is 12.4. The Kier molecular flexibility index (Phi) is 10.5. The molecule has 0 bridgehead atoms. The quantitative estimate of drug-likeness (QED) is 0.148. The van der Waals surface area contributed by atoms with Crippen molar-refractivity contribution in [2.24, 2.45) is 5.73 Å². The summed E-state index contributed by atoms with van der Waals surface area (Å²) < 4.78 is 0. The number of nitrogens with one attached hydrogen (secondary N) is 4. The van der Waals surface area contributed by atoms with E-state index in [1.807, 2.05) is 0 Å². The molecule has 1 aromatic rings. The highest BCUT2D eigenvalue weighted by Crippen LogP contribution is 2.01. The Morgan fingerprint density at radius 1 is 1.03 bits per heavy atom. The number of carbonyl (C=O) groups excluding carboxylic acids is 3. The minimum Gasteiger partial charge on any atom is -0.480 e. The van der Waals surface area contributed by atoms with Gasteiger partial charge in [-0.05, 0) is 0 Å². The van der Waals surface area contributed by atoms with Crippen molar-refractivity contribution in [2.75, 3.05) is 18.1 Å². The van der Waals surface area contributed by atoms with Gasteiger partial charge in [0.2, 0.25) is 17.7 Å². The molecule has 1 rings (SSSR count). The molecule has 0 saturated carbocycles. The molecule has 3 amide bonds. The predicted octanol–water partition coefficient (Wildman–Crippen LogP) is -3.33. The molecule has 29 heavy (non-hydrogen) atoms. The number of aromatic nitrogens is 2. The number of carboxylic acids is 1. The van der Waals surface area contributed by atoms with Crippen molar-refractivity contribution in [1.29, 1.82) is 0 Å². The lowest BCUT2D eigenvalue weighted by molar-refractivity contribution is -0.142. The van der Waals surface area contributed by atoms with Crippen LogP contribution in [0.1, 0.15) is 5.69 Å². The first kappa shape index (κ1) is 24.7. The number of aromatic amines is 1. The molecule has 12 nitrogen and oxygen atoms in total. The number of carbonyl (C=O) groups is 4. The van der Waals surface area contributed by atoms with Crippen molar-refractivity contribution in [3.63, 3.8) is 0 Å². The van der Waals surface area contributed by atoms with E-state index >= 15 is 0 Å². The number of aliphatic carboxylic acids is 1. The number of nitrogens with two attached hydrogens (primary N) is 1. The van der Waals surface area contributed by atoms with E-state index in [0.29, 0.717) is 5.69 Å². The summed E-state index contributed by atoms with van der Waals surface area (Å²) in [5, 5.41) is 25.5. The van der Waals surface area contributed by atoms with Crippen LogP contribution in [0.25, 0.3) is 0 Å². The first-order chi connectivity index (χ1) is 13.7. The Morgan fingerprint density at radius 2 is 1.62 bits per heavy atom. The normalized spacial score (nSPS) is 14.9. The summed E-state index contributed by atoms with van der Waals surface area (Å²) in [6.45, 7) is -0.741. The van der Waals surface area contributed by atoms with Gasteiger partial charge in [-0.25, -0.2) is 9.78 Å². The summed E-state index contributed by atoms with van der Waals surface area (Å²) in [4.78, 5) is 54.4. The Bertz CT molecular complexity index is 703. The van der Waals surface area contributed by atoms with Crippen LogP contribution in [-0.4, -0.2) is 86.2 Å². The van der Waals surface area contributed by atoms with E-state index in [2.05, 4.69) is 51.2 Å². The molecular formula is C15H24N6O6S2. The summed E-state index contributed by atoms with van der Waals surface area (Å²) in [6.07, 6.45) is 2.74. The molecule has 8 N–H and O–H groups in total. The summed E-state index contributed by atoms with van der Waals surface area (Å²) in [7, 11) is 0. The van der Waals surface area contributed by atoms with Crippen LogP contribution in [0.3, 0.4) is 0 Å². The van der Waals surface area contributed by atoms with Crippen LogP contribution in [0.4, 0.5) is 0 Å². The van der Waals surface area contributed by atoms with Crippen molar-refractivity contribution in [3.05, 3.63) is 18.2 Å². The van der Waals surface area contributed by atoms with Crippen molar-refractivity contribution >= 4 is 48.9 Å². The molecule has 4 atom stereocenters. The fourth-order valence-corrected chi connectivity index (χ4v) is 2.53. The molecule has 14 heteroatoms. The number of thiol groups is 2. The van der Waals surface area contributed by atoms with Gasteiger partial charge in [0.05, 0.1) is 19.0 Å². The molecule has 0 aliphatic rings. The molecule has 0 aromatic carbocycles. The van der Waals surface area contributed by atoms with Gasteiger partial charge >= 0.3 is 5.97 Å². The third-order valence-corrected chi connectivity index (χ3v) is 4.52. The van der Waals surface area contributed by atoms with E-state index in [0.717, 1.165) is 0 Å². The average molecular weight is 449 g/mol. The summed E-state index contributed by atoms with van der Waals surface area (Å²) in [5.41, 5.74) is 5.99. The highest BCUT2D eigenvalue weighted by atomic mass is 32.1. The number of carboxylic acid groups (broad SMARTS) is 1. The van der Waals surface area contributed by atoms with Gasteiger partial charge in [0.1, 0.15) is 18.1 Å². The zero-order valence-corrected chi connectivity index (χ0v) is 17.0. The SMILES string of the molecule is NC(CS)C(=O)NC(CO)C(=O)NC(CS)C(=O)NC(Cc1cnc[nH]1)C(=O)O. The van der Waals surface area contributed by atoms with Crippen LogP contribution in [0.15, 0.2) is 12.5 Å². The van der Waals surface area contributed by atoms with E-state index in [4.69, 9.17) is 5.73 Å². The van der Waals surface area contributed by atoms with Crippen molar-refractivity contribution < 1.29 is 29.4 Å². The summed E-state index contributed by atoms with van der Waals surface area (Å²) >= 11 is 7.86. The zero-order chi connectivity index (χ0) is 22.0. The van der Waals surface area contributed by atoms with Gasteiger partial charge in [0.25, 0.3) is 0 Å². The molecule has 0 radical (unpaired) electrons. The number of hydrogen-bond acceptors (Lipinski definition) is 9. The van der Waals surface area contributed by atoms with Gasteiger partial charge in [-0.3, -0.25) is 14.4 Å². The number of imidazole rings is 1. The fourth-order valence-electron chi connectivity index (χ4n) is 2.11. The van der Waals surface area contributed by atoms with Crippen LogP contribution in [0.5, 0.6) is 0 Å². The van der Waals surface area contributed by atoms with Gasteiger partial charge in [0.15, 0.2) is 0 Å². The number of aliphatic hydroxyl groups excluding tert-OH is 1. The summed E-state index contributed by atoms with van der Waals surface area (Å²) in [5.74, 6) is -3.77. The monoisotopic (exact) mass is 448 g/mol. The highest BCUT2D eigenvalue weighted by Gasteiger charge is 2.29. The first-order valence-electron chi connectivity index (χ1n) is 8.42.